The molecule has 1 saturated heterocycles. The van der Waals surface area contributed by atoms with Crippen LogP contribution in [0.25, 0.3) is 11.0 Å². The second-order valence-corrected chi connectivity index (χ2v) is 6.51. The molecule has 0 bridgehead atoms. The van der Waals surface area contributed by atoms with E-state index in [1.165, 1.54) is 0 Å². The summed E-state index contributed by atoms with van der Waals surface area (Å²) >= 11 is 0. The Balaban J connectivity index is 1.65. The molecule has 4 nitrogen and oxygen atoms in total. The van der Waals surface area contributed by atoms with Crippen molar-refractivity contribution in [2.75, 3.05) is 18.0 Å². The van der Waals surface area contributed by atoms with Crippen LogP contribution in [0.4, 0.5) is 5.82 Å². The average Bonchev–Trinajstić information content (AvgIpc) is 2.87. The van der Waals surface area contributed by atoms with Crippen molar-refractivity contribution in [1.29, 1.82) is 0 Å². The Morgan fingerprint density at radius 2 is 1.95 bits per heavy atom. The molecular weight excluding hydrogens is 262 g/mol. The number of nitrogens with zero attached hydrogens (tertiary/aromatic N) is 3. The largest absolute Gasteiger partial charge is 0.392 e. The van der Waals surface area contributed by atoms with Gasteiger partial charge in [-0.1, -0.05) is 18.6 Å². The molecule has 2 fully saturated rings. The Morgan fingerprint density at radius 3 is 2.76 bits per heavy atom. The van der Waals surface area contributed by atoms with Crippen molar-refractivity contribution in [1.82, 2.24) is 9.97 Å². The highest BCUT2D eigenvalue weighted by atomic mass is 16.3. The number of benzene rings is 1. The minimum atomic E-state index is -0.145. The fourth-order valence-corrected chi connectivity index (χ4v) is 4.05. The van der Waals surface area contributed by atoms with Crippen LogP contribution >= 0.6 is 0 Å². The molecule has 2 heterocycles. The van der Waals surface area contributed by atoms with Gasteiger partial charge in [-0.05, 0) is 37.8 Å². The predicted molar refractivity (Wildman–Crippen MR) is 83.3 cm³/mol. The Kier molecular flexibility index (Phi) is 3.07. The maximum Gasteiger partial charge on any atom is 0.147 e. The lowest BCUT2D eigenvalue weighted by molar-refractivity contribution is 0.0408. The van der Waals surface area contributed by atoms with E-state index in [4.69, 9.17) is 4.98 Å². The number of piperidine rings is 1. The van der Waals surface area contributed by atoms with Gasteiger partial charge in [-0.15, -0.1) is 0 Å². The molecule has 0 radical (unpaired) electrons. The topological polar surface area (TPSA) is 49.2 Å². The SMILES string of the molecule is O[C@@H]1CCC[C@@]12CCCN(c1cnc3ccccc3n1)C2. The van der Waals surface area contributed by atoms with E-state index in [-0.39, 0.29) is 11.5 Å². The van der Waals surface area contributed by atoms with Crippen LogP contribution < -0.4 is 4.90 Å². The van der Waals surface area contributed by atoms with E-state index in [2.05, 4.69) is 9.88 Å². The van der Waals surface area contributed by atoms with Crippen molar-refractivity contribution in [3.05, 3.63) is 30.5 Å². The van der Waals surface area contributed by atoms with Gasteiger partial charge in [-0.3, -0.25) is 4.98 Å². The fraction of sp³-hybridized carbons (Fsp3) is 0.529. The number of hydrogen-bond donors (Lipinski definition) is 1. The number of aliphatic hydroxyl groups is 1. The van der Waals surface area contributed by atoms with Gasteiger partial charge in [0.2, 0.25) is 0 Å². The van der Waals surface area contributed by atoms with Gasteiger partial charge in [-0.2, -0.15) is 0 Å². The third kappa shape index (κ3) is 2.18. The quantitative estimate of drug-likeness (QED) is 0.874. The van der Waals surface area contributed by atoms with Gasteiger partial charge in [0.15, 0.2) is 0 Å². The molecule has 2 aliphatic rings. The molecule has 2 aromatic rings. The van der Waals surface area contributed by atoms with Crippen LogP contribution in [0.1, 0.15) is 32.1 Å². The first-order valence-corrected chi connectivity index (χ1v) is 7.92. The van der Waals surface area contributed by atoms with Crippen LogP contribution in [0.15, 0.2) is 30.5 Å². The molecule has 2 atom stereocenters. The molecule has 4 heteroatoms. The average molecular weight is 283 g/mol. The molecule has 110 valence electrons. The minimum absolute atomic E-state index is 0.0889. The number of hydrogen-bond acceptors (Lipinski definition) is 4. The molecule has 1 aliphatic heterocycles. The molecule has 1 aliphatic carbocycles. The number of fused-ring (bicyclic) bond motifs is 1. The van der Waals surface area contributed by atoms with E-state index in [0.717, 1.165) is 62.0 Å². The number of aromatic nitrogens is 2. The zero-order valence-electron chi connectivity index (χ0n) is 12.2. The lowest BCUT2D eigenvalue weighted by atomic mass is 9.77. The van der Waals surface area contributed by atoms with Crippen LogP contribution in [0.5, 0.6) is 0 Å². The number of para-hydroxylation sites is 2. The van der Waals surface area contributed by atoms with Crippen LogP contribution in [0.2, 0.25) is 0 Å². The first-order chi connectivity index (χ1) is 10.3. The van der Waals surface area contributed by atoms with Gasteiger partial charge in [0.1, 0.15) is 5.82 Å². The standard InChI is InChI=1S/C17H21N3O/c21-15-7-3-8-17(15)9-4-10-20(12-17)16-11-18-13-5-1-2-6-14(13)19-16/h1-2,5-6,11,15,21H,3-4,7-10,12H2/t15-,17+/m1/s1. The summed E-state index contributed by atoms with van der Waals surface area (Å²) in [5.41, 5.74) is 1.97. The zero-order valence-corrected chi connectivity index (χ0v) is 12.2. The molecule has 1 N–H and O–H groups in total. The molecule has 1 saturated carbocycles. The van der Waals surface area contributed by atoms with Gasteiger partial charge in [0.25, 0.3) is 0 Å². The van der Waals surface area contributed by atoms with Gasteiger partial charge >= 0.3 is 0 Å². The van der Waals surface area contributed by atoms with E-state index >= 15 is 0 Å². The molecular formula is C17H21N3O. The summed E-state index contributed by atoms with van der Waals surface area (Å²) in [5.74, 6) is 0.951. The monoisotopic (exact) mass is 283 g/mol. The van der Waals surface area contributed by atoms with E-state index < -0.39 is 0 Å². The maximum absolute atomic E-state index is 10.4. The molecule has 1 aromatic carbocycles. The number of anilines is 1. The van der Waals surface area contributed by atoms with Crippen LogP contribution in [0, 0.1) is 5.41 Å². The Hall–Kier alpha value is -1.68. The second-order valence-electron chi connectivity index (χ2n) is 6.51. The summed E-state index contributed by atoms with van der Waals surface area (Å²) in [4.78, 5) is 11.6. The smallest absolute Gasteiger partial charge is 0.147 e. The Bertz CT molecular complexity index is 659. The lowest BCUT2D eigenvalue weighted by Gasteiger charge is -2.43. The summed E-state index contributed by atoms with van der Waals surface area (Å²) in [6, 6.07) is 7.99. The third-order valence-corrected chi connectivity index (χ3v) is 5.23. The molecule has 21 heavy (non-hydrogen) atoms. The van der Waals surface area contributed by atoms with E-state index in [0.29, 0.717) is 0 Å². The van der Waals surface area contributed by atoms with Gasteiger partial charge < -0.3 is 10.0 Å². The van der Waals surface area contributed by atoms with Crippen molar-refractivity contribution in [2.45, 2.75) is 38.2 Å². The lowest BCUT2D eigenvalue weighted by Crippen LogP contribution is -2.47. The predicted octanol–water partition coefficient (Wildman–Crippen LogP) is 2.76. The van der Waals surface area contributed by atoms with Crippen molar-refractivity contribution in [3.63, 3.8) is 0 Å². The van der Waals surface area contributed by atoms with Gasteiger partial charge in [-0.25, -0.2) is 4.98 Å². The highest BCUT2D eigenvalue weighted by Crippen LogP contribution is 2.45. The molecule has 0 amide bonds. The summed E-state index contributed by atoms with van der Waals surface area (Å²) < 4.78 is 0. The summed E-state index contributed by atoms with van der Waals surface area (Å²) in [6.45, 7) is 1.93. The molecule has 0 unspecified atom stereocenters. The van der Waals surface area contributed by atoms with Crippen LogP contribution in [-0.2, 0) is 0 Å². The van der Waals surface area contributed by atoms with Crippen molar-refractivity contribution in [2.24, 2.45) is 5.41 Å². The zero-order chi connectivity index (χ0) is 14.3. The highest BCUT2D eigenvalue weighted by molar-refractivity contribution is 5.75. The Labute approximate surface area is 124 Å². The molecule has 1 aromatic heterocycles. The summed E-state index contributed by atoms with van der Waals surface area (Å²) in [6.07, 6.45) is 7.26. The van der Waals surface area contributed by atoms with Crippen molar-refractivity contribution < 1.29 is 5.11 Å². The van der Waals surface area contributed by atoms with Crippen LogP contribution in [0.3, 0.4) is 0 Å². The number of aliphatic hydroxyl groups excluding tert-OH is 1. The molecule has 4 rings (SSSR count). The highest BCUT2D eigenvalue weighted by Gasteiger charge is 2.44. The number of rotatable bonds is 1. The van der Waals surface area contributed by atoms with E-state index in [1.807, 2.05) is 30.5 Å². The van der Waals surface area contributed by atoms with Crippen molar-refractivity contribution in [3.8, 4) is 0 Å². The van der Waals surface area contributed by atoms with E-state index in [9.17, 15) is 5.11 Å². The van der Waals surface area contributed by atoms with Crippen LogP contribution in [-0.4, -0.2) is 34.3 Å². The van der Waals surface area contributed by atoms with Crippen molar-refractivity contribution >= 4 is 16.9 Å². The maximum atomic E-state index is 10.4. The third-order valence-electron chi connectivity index (χ3n) is 5.23. The summed E-state index contributed by atoms with van der Waals surface area (Å²) in [7, 11) is 0. The first kappa shape index (κ1) is 13.0. The van der Waals surface area contributed by atoms with Gasteiger partial charge in [0, 0.05) is 18.5 Å². The van der Waals surface area contributed by atoms with Gasteiger partial charge in [0.05, 0.1) is 23.3 Å². The Morgan fingerprint density at radius 1 is 1.14 bits per heavy atom. The van der Waals surface area contributed by atoms with E-state index in [1.54, 1.807) is 0 Å². The summed E-state index contributed by atoms with van der Waals surface area (Å²) in [5, 5.41) is 10.4. The fourth-order valence-electron chi connectivity index (χ4n) is 4.05. The normalized spacial score (nSPS) is 29.4. The first-order valence-electron chi connectivity index (χ1n) is 7.92. The minimum Gasteiger partial charge on any atom is -0.392 e. The molecule has 1 spiro atoms. The second kappa shape index (κ2) is 4.95.